The Kier molecular flexibility index (Phi) is 4.29. The highest BCUT2D eigenvalue weighted by Crippen LogP contribution is 2.31. The van der Waals surface area contributed by atoms with Crippen LogP contribution in [0.4, 0.5) is 18.9 Å². The molecule has 8 nitrogen and oxygen atoms in total. The van der Waals surface area contributed by atoms with Crippen molar-refractivity contribution < 1.29 is 26.0 Å². The van der Waals surface area contributed by atoms with Gasteiger partial charge in [0.1, 0.15) is 5.82 Å². The molecule has 0 fully saturated rings. The van der Waals surface area contributed by atoms with Crippen LogP contribution in [0.3, 0.4) is 0 Å². The zero-order valence-corrected chi connectivity index (χ0v) is 14.9. The molecule has 3 aromatic rings. The summed E-state index contributed by atoms with van der Waals surface area (Å²) in [4.78, 5) is 8.07. The second-order valence-electron chi connectivity index (χ2n) is 6.00. The van der Waals surface area contributed by atoms with E-state index in [0.29, 0.717) is 12.1 Å². The van der Waals surface area contributed by atoms with Gasteiger partial charge >= 0.3 is 12.1 Å². The number of sulfonamides is 1. The van der Waals surface area contributed by atoms with Crippen LogP contribution < -0.4 is 4.31 Å². The molecule has 3 heterocycles. The van der Waals surface area contributed by atoms with Crippen LogP contribution in [0.1, 0.15) is 17.3 Å². The van der Waals surface area contributed by atoms with Crippen molar-refractivity contribution in [1.82, 2.24) is 20.2 Å². The van der Waals surface area contributed by atoms with Crippen molar-refractivity contribution >= 4 is 15.7 Å². The van der Waals surface area contributed by atoms with Crippen molar-refractivity contribution in [1.29, 1.82) is 0 Å². The van der Waals surface area contributed by atoms with E-state index in [9.17, 15) is 21.6 Å². The second kappa shape index (κ2) is 6.55. The largest absolute Gasteiger partial charge is 0.470 e. The number of hydrogen-bond acceptors (Lipinski definition) is 7. The Bertz CT molecular complexity index is 1110. The van der Waals surface area contributed by atoms with Gasteiger partial charge in [-0.05, 0) is 18.1 Å². The molecule has 0 bridgehead atoms. The first kappa shape index (κ1) is 18.3. The number of alkyl halides is 3. The smallest absolute Gasteiger partial charge is 0.413 e. The average Bonchev–Trinajstić information content (AvgIpc) is 3.15. The molecule has 0 aliphatic carbocycles. The highest BCUT2D eigenvalue weighted by atomic mass is 32.2. The number of nitrogens with zero attached hydrogens (tertiary/aromatic N) is 5. The normalized spacial score (nSPS) is 16.0. The number of rotatable bonds is 3. The van der Waals surface area contributed by atoms with E-state index in [1.54, 1.807) is 12.1 Å². The predicted octanol–water partition coefficient (Wildman–Crippen LogP) is 2.44. The molecule has 0 saturated carbocycles. The van der Waals surface area contributed by atoms with Crippen molar-refractivity contribution in [3.05, 3.63) is 53.9 Å². The van der Waals surface area contributed by atoms with E-state index in [-0.39, 0.29) is 29.6 Å². The Labute approximate surface area is 157 Å². The average molecular weight is 411 g/mol. The second-order valence-corrected chi connectivity index (χ2v) is 8.01. The van der Waals surface area contributed by atoms with Gasteiger partial charge in [-0.1, -0.05) is 18.2 Å². The summed E-state index contributed by atoms with van der Waals surface area (Å²) < 4.78 is 68.4. The van der Waals surface area contributed by atoms with Crippen molar-refractivity contribution in [2.45, 2.75) is 19.1 Å². The summed E-state index contributed by atoms with van der Waals surface area (Å²) in [5.41, 5.74) is 1.56. The van der Waals surface area contributed by atoms with Gasteiger partial charge in [0.15, 0.2) is 0 Å². The fourth-order valence-corrected chi connectivity index (χ4v) is 4.27. The molecule has 0 amide bonds. The zero-order chi connectivity index (χ0) is 19.9. The topological polar surface area (TPSA) is 102 Å². The standard InChI is InChI=1S/C16H12F3N5O3S/c17-16(18,19)15-23-22-14(27-15)11-7-20-13(21-8-11)9-24-12-4-2-1-3-10(12)5-6-28(24,25)26/h1-4,7-8H,5-6,9H2. The van der Waals surface area contributed by atoms with Gasteiger partial charge in [0.05, 0.1) is 23.5 Å². The van der Waals surface area contributed by atoms with Gasteiger partial charge in [-0.25, -0.2) is 18.4 Å². The molecule has 0 spiro atoms. The first-order chi connectivity index (χ1) is 13.2. The molecule has 0 N–H and O–H groups in total. The molecule has 28 heavy (non-hydrogen) atoms. The summed E-state index contributed by atoms with van der Waals surface area (Å²) in [6.07, 6.45) is -1.91. The molecule has 0 radical (unpaired) electrons. The fourth-order valence-electron chi connectivity index (χ4n) is 2.78. The minimum atomic E-state index is -4.75. The zero-order valence-electron chi connectivity index (χ0n) is 14.1. The summed E-state index contributed by atoms with van der Waals surface area (Å²) in [5.74, 6) is -1.69. The summed E-state index contributed by atoms with van der Waals surface area (Å²) in [7, 11) is -3.52. The molecule has 146 valence electrons. The maximum absolute atomic E-state index is 12.5. The Balaban J connectivity index is 1.59. The number of para-hydroxylation sites is 1. The van der Waals surface area contributed by atoms with E-state index in [0.717, 1.165) is 5.56 Å². The van der Waals surface area contributed by atoms with E-state index in [2.05, 4.69) is 24.6 Å². The molecule has 0 saturated heterocycles. The Morgan fingerprint density at radius 3 is 2.50 bits per heavy atom. The SMILES string of the molecule is O=S1(=O)CCc2ccccc2N1Cc1ncc(-c2nnc(C(F)(F)F)o2)cn1. The molecular weight excluding hydrogens is 399 g/mol. The summed E-state index contributed by atoms with van der Waals surface area (Å²) in [6, 6.07) is 7.14. The monoisotopic (exact) mass is 411 g/mol. The van der Waals surface area contributed by atoms with Crippen LogP contribution in [-0.2, 0) is 29.2 Å². The first-order valence-electron chi connectivity index (χ1n) is 8.04. The maximum Gasteiger partial charge on any atom is 0.470 e. The van der Waals surface area contributed by atoms with E-state index in [4.69, 9.17) is 0 Å². The summed E-state index contributed by atoms with van der Waals surface area (Å²) in [6.45, 7) is -0.0999. The van der Waals surface area contributed by atoms with E-state index < -0.39 is 22.1 Å². The number of aryl methyl sites for hydroxylation is 1. The lowest BCUT2D eigenvalue weighted by molar-refractivity contribution is -0.156. The third-order valence-electron chi connectivity index (χ3n) is 4.13. The third-order valence-corrected chi connectivity index (χ3v) is 5.85. The molecule has 12 heteroatoms. The fraction of sp³-hybridized carbons (Fsp3) is 0.250. The van der Waals surface area contributed by atoms with Gasteiger partial charge in [-0.2, -0.15) is 13.2 Å². The lowest BCUT2D eigenvalue weighted by Gasteiger charge is -2.30. The van der Waals surface area contributed by atoms with Crippen molar-refractivity contribution in [3.8, 4) is 11.5 Å². The molecule has 2 aromatic heterocycles. The van der Waals surface area contributed by atoms with Crippen LogP contribution in [0.2, 0.25) is 0 Å². The quantitative estimate of drug-likeness (QED) is 0.652. The molecule has 4 rings (SSSR count). The minimum Gasteiger partial charge on any atom is -0.413 e. The van der Waals surface area contributed by atoms with Crippen LogP contribution in [0, 0.1) is 0 Å². The molecule has 1 aliphatic rings. The Morgan fingerprint density at radius 1 is 1.11 bits per heavy atom. The number of halogens is 3. The van der Waals surface area contributed by atoms with Gasteiger partial charge in [-0.3, -0.25) is 4.31 Å². The minimum absolute atomic E-state index is 0.0235. The maximum atomic E-state index is 12.5. The van der Waals surface area contributed by atoms with Gasteiger partial charge in [-0.15, -0.1) is 10.2 Å². The van der Waals surface area contributed by atoms with Gasteiger partial charge in [0.25, 0.3) is 5.89 Å². The summed E-state index contributed by atoms with van der Waals surface area (Å²) in [5, 5.41) is 6.27. The van der Waals surface area contributed by atoms with E-state index in [1.807, 2.05) is 12.1 Å². The predicted molar refractivity (Wildman–Crippen MR) is 90.4 cm³/mol. The third kappa shape index (κ3) is 3.42. The number of aromatic nitrogens is 4. The molecule has 0 unspecified atom stereocenters. The number of hydrogen-bond donors (Lipinski definition) is 0. The number of fused-ring (bicyclic) bond motifs is 1. The van der Waals surface area contributed by atoms with Crippen LogP contribution in [0.25, 0.3) is 11.5 Å². The Morgan fingerprint density at radius 2 is 1.82 bits per heavy atom. The molecule has 1 aromatic carbocycles. The Hall–Kier alpha value is -3.02. The summed E-state index contributed by atoms with van der Waals surface area (Å²) >= 11 is 0. The van der Waals surface area contributed by atoms with E-state index in [1.165, 1.54) is 16.7 Å². The van der Waals surface area contributed by atoms with Crippen molar-refractivity contribution in [3.63, 3.8) is 0 Å². The molecule has 0 atom stereocenters. The van der Waals surface area contributed by atoms with Gasteiger partial charge in [0, 0.05) is 12.4 Å². The van der Waals surface area contributed by atoms with E-state index >= 15 is 0 Å². The number of anilines is 1. The van der Waals surface area contributed by atoms with Crippen LogP contribution in [0.5, 0.6) is 0 Å². The van der Waals surface area contributed by atoms with Crippen molar-refractivity contribution in [2.24, 2.45) is 0 Å². The van der Waals surface area contributed by atoms with Crippen LogP contribution in [0.15, 0.2) is 41.1 Å². The van der Waals surface area contributed by atoms with Gasteiger partial charge in [0.2, 0.25) is 10.0 Å². The number of benzene rings is 1. The highest BCUT2D eigenvalue weighted by molar-refractivity contribution is 7.92. The lowest BCUT2D eigenvalue weighted by atomic mass is 10.1. The lowest BCUT2D eigenvalue weighted by Crippen LogP contribution is -2.37. The van der Waals surface area contributed by atoms with Crippen LogP contribution in [-0.4, -0.2) is 34.3 Å². The molecular formula is C16H12F3N5O3S. The van der Waals surface area contributed by atoms with Crippen LogP contribution >= 0.6 is 0 Å². The van der Waals surface area contributed by atoms with Crippen molar-refractivity contribution in [2.75, 3.05) is 10.1 Å². The molecule has 1 aliphatic heterocycles. The highest BCUT2D eigenvalue weighted by Gasteiger charge is 2.38. The van der Waals surface area contributed by atoms with Gasteiger partial charge < -0.3 is 4.42 Å². The first-order valence-corrected chi connectivity index (χ1v) is 9.65.